The summed E-state index contributed by atoms with van der Waals surface area (Å²) in [5.41, 5.74) is 8.04. The molecule has 0 amide bonds. The first kappa shape index (κ1) is 32.6. The lowest BCUT2D eigenvalue weighted by Gasteiger charge is -2.16. The maximum atomic E-state index is 12.3. The number of rotatable bonds is 4. The molecular formula is C28H37FN6OS2. The second kappa shape index (κ2) is 19.7. The molecule has 0 fully saturated rings. The highest BCUT2D eigenvalue weighted by molar-refractivity contribution is 8.02. The highest BCUT2D eigenvalue weighted by Gasteiger charge is 2.11. The summed E-state index contributed by atoms with van der Waals surface area (Å²) in [6.07, 6.45) is 23.9. The molecule has 0 bridgehead atoms. The molecule has 0 spiro atoms. The number of terminal acetylenes is 1. The highest BCUT2D eigenvalue weighted by Crippen LogP contribution is 2.31. The number of aryl methyl sites for hydroxylation is 1. The monoisotopic (exact) mass is 556 g/mol. The van der Waals surface area contributed by atoms with Crippen molar-refractivity contribution in [2.75, 3.05) is 13.2 Å². The minimum absolute atomic E-state index is 0.147. The molecule has 1 aromatic heterocycles. The summed E-state index contributed by atoms with van der Waals surface area (Å²) in [5, 5.41) is 0. The van der Waals surface area contributed by atoms with E-state index >= 15 is 0 Å². The van der Waals surface area contributed by atoms with Gasteiger partial charge in [-0.15, -0.1) is 12.3 Å². The number of hydrogen-bond donors (Lipinski definition) is 3. The number of aliphatic imine (C=N–C) groups is 1. The molecule has 0 atom stereocenters. The molecule has 7 nitrogen and oxygen atoms in total. The van der Waals surface area contributed by atoms with Crippen molar-refractivity contribution in [1.29, 1.82) is 0 Å². The van der Waals surface area contributed by atoms with Gasteiger partial charge in [0.05, 0.1) is 24.3 Å². The lowest BCUT2D eigenvalue weighted by Crippen LogP contribution is -2.24. The number of imidazole rings is 1. The topological polar surface area (TPSA) is 89.8 Å². The molecule has 1 aromatic rings. The Kier molecular flexibility index (Phi) is 16.9. The van der Waals surface area contributed by atoms with E-state index in [-0.39, 0.29) is 5.83 Å². The number of unbranched alkanes of at least 4 members (excludes halogenated alkanes) is 1. The Hall–Kier alpha value is -3.42. The van der Waals surface area contributed by atoms with E-state index in [4.69, 9.17) is 10.5 Å². The van der Waals surface area contributed by atoms with Gasteiger partial charge in [0.2, 0.25) is 0 Å². The van der Waals surface area contributed by atoms with Crippen molar-refractivity contribution in [2.24, 2.45) is 15.1 Å². The second-order valence-electron chi connectivity index (χ2n) is 7.74. The summed E-state index contributed by atoms with van der Waals surface area (Å²) in [7, 11) is 0. The molecule has 0 saturated heterocycles. The first-order valence-electron chi connectivity index (χ1n) is 12.1. The Balaban J connectivity index is 0.000000276. The van der Waals surface area contributed by atoms with Crippen LogP contribution in [0.1, 0.15) is 45.2 Å². The van der Waals surface area contributed by atoms with Gasteiger partial charge in [-0.3, -0.25) is 4.99 Å². The van der Waals surface area contributed by atoms with Crippen LogP contribution < -0.4 is 10.5 Å². The van der Waals surface area contributed by atoms with E-state index in [1.165, 1.54) is 22.9 Å². The van der Waals surface area contributed by atoms with Crippen LogP contribution in [0.4, 0.5) is 4.39 Å². The molecule has 0 saturated carbocycles. The number of amidine groups is 1. The molecular weight excluding hydrogens is 519 g/mol. The van der Waals surface area contributed by atoms with Crippen LogP contribution in [0.2, 0.25) is 0 Å². The van der Waals surface area contributed by atoms with Gasteiger partial charge in [-0.05, 0) is 50.6 Å². The molecule has 1 aliphatic carbocycles. The number of nitrogens with one attached hydrogen (secondary N) is 1. The van der Waals surface area contributed by atoms with Crippen LogP contribution in [0.3, 0.4) is 0 Å². The van der Waals surface area contributed by atoms with Gasteiger partial charge >= 0.3 is 0 Å². The van der Waals surface area contributed by atoms with Crippen LogP contribution >= 0.6 is 24.8 Å². The van der Waals surface area contributed by atoms with Gasteiger partial charge < -0.3 is 19.8 Å². The van der Waals surface area contributed by atoms with Crippen LogP contribution in [0.5, 0.6) is 0 Å². The fourth-order valence-electron chi connectivity index (χ4n) is 2.92. The molecule has 10 heteroatoms. The Labute approximate surface area is 236 Å². The smallest absolute Gasteiger partial charge is 0.173 e. The molecule has 0 aromatic carbocycles. The first-order valence-corrected chi connectivity index (χ1v) is 13.3. The Morgan fingerprint density at radius 1 is 1.42 bits per heavy atom. The van der Waals surface area contributed by atoms with Crippen molar-refractivity contribution in [2.45, 2.75) is 46.5 Å². The quantitative estimate of drug-likeness (QED) is 0.224. The van der Waals surface area contributed by atoms with Crippen LogP contribution in [0.15, 0.2) is 87.1 Å². The highest BCUT2D eigenvalue weighted by atomic mass is 32.2. The van der Waals surface area contributed by atoms with E-state index in [9.17, 15) is 4.39 Å². The molecule has 4 rings (SSSR count). The van der Waals surface area contributed by atoms with E-state index in [0.717, 1.165) is 42.2 Å². The van der Waals surface area contributed by atoms with E-state index in [1.807, 2.05) is 36.1 Å². The van der Waals surface area contributed by atoms with E-state index in [1.54, 1.807) is 31.5 Å². The van der Waals surface area contributed by atoms with Gasteiger partial charge in [0.15, 0.2) is 11.6 Å². The summed E-state index contributed by atoms with van der Waals surface area (Å²) < 4.78 is 26.5. The zero-order chi connectivity index (χ0) is 28.2. The Morgan fingerprint density at radius 2 is 2.18 bits per heavy atom. The fourth-order valence-corrected chi connectivity index (χ4v) is 3.81. The molecule has 3 aliphatic rings. The van der Waals surface area contributed by atoms with E-state index in [0.29, 0.717) is 25.3 Å². The van der Waals surface area contributed by atoms with Crippen molar-refractivity contribution in [3.8, 4) is 12.3 Å². The third kappa shape index (κ3) is 12.7. The molecule has 2 aliphatic heterocycles. The number of allylic oxidation sites excluding steroid dienone is 9. The van der Waals surface area contributed by atoms with E-state index in [2.05, 4.69) is 57.8 Å². The van der Waals surface area contributed by atoms with Crippen molar-refractivity contribution in [3.05, 3.63) is 83.4 Å². The van der Waals surface area contributed by atoms with Crippen molar-refractivity contribution >= 4 is 42.5 Å². The molecule has 3 heterocycles. The van der Waals surface area contributed by atoms with Crippen LogP contribution in [0.25, 0.3) is 5.70 Å². The number of hydrogen-bond acceptors (Lipinski definition) is 8. The normalized spacial score (nSPS) is 17.8. The predicted molar refractivity (Wildman–Crippen MR) is 164 cm³/mol. The summed E-state index contributed by atoms with van der Waals surface area (Å²) in [6, 6.07) is 0. The summed E-state index contributed by atoms with van der Waals surface area (Å²) >= 11 is 5.45. The summed E-state index contributed by atoms with van der Waals surface area (Å²) in [4.78, 5) is 9.63. The number of nitrogens with zero attached hydrogens (tertiary/aromatic N) is 4. The van der Waals surface area contributed by atoms with Gasteiger partial charge in [0.1, 0.15) is 12.4 Å². The van der Waals surface area contributed by atoms with Gasteiger partial charge in [-0.1, -0.05) is 38.8 Å². The largest absolute Gasteiger partial charge is 0.488 e. The number of halogens is 1. The van der Waals surface area contributed by atoms with Gasteiger partial charge in [0.25, 0.3) is 0 Å². The van der Waals surface area contributed by atoms with Crippen molar-refractivity contribution < 1.29 is 9.13 Å². The van der Waals surface area contributed by atoms with Crippen LogP contribution in [-0.2, 0) is 4.74 Å². The molecule has 3 N–H and O–H groups in total. The molecule has 0 radical (unpaired) electrons. The third-order valence-electron chi connectivity index (χ3n) is 4.64. The Bertz CT molecular complexity index is 1140. The number of nitrogens with two attached hydrogens (primary N) is 1. The van der Waals surface area contributed by atoms with Crippen LogP contribution in [-0.4, -0.2) is 34.8 Å². The standard InChI is InChI=1S/C10H11N3S.C8H14N2OS.C7H8FN.C3H4/c1-3-9(10-4-5-12-14-10)13-6-8(2)11-7-13;1-2-3-4-7-8(10-12)9-5-6-11-7;8-6-2-1-3-7(9)5-4-6;1-3-2/h3,5-7H,1,4H2,2H3;4,12H,2-3,5-6H2,1H3,(H,9,10);1,3-5H,2,9H2;1H,2H3/b10-9-;7-4-;;. The summed E-state index contributed by atoms with van der Waals surface area (Å²) in [6.45, 7) is 11.0. The van der Waals surface area contributed by atoms with E-state index < -0.39 is 0 Å². The van der Waals surface area contributed by atoms with Crippen molar-refractivity contribution in [1.82, 2.24) is 14.3 Å². The molecule has 38 heavy (non-hydrogen) atoms. The second-order valence-corrected chi connectivity index (χ2v) is 8.85. The van der Waals surface area contributed by atoms with Crippen LogP contribution in [0, 0.1) is 19.3 Å². The predicted octanol–water partition coefficient (Wildman–Crippen LogP) is 6.48. The maximum Gasteiger partial charge on any atom is 0.173 e. The third-order valence-corrected chi connectivity index (χ3v) is 5.70. The van der Waals surface area contributed by atoms with Gasteiger partial charge in [0, 0.05) is 47.8 Å². The average Bonchev–Trinajstić information content (AvgIpc) is 3.56. The zero-order valence-corrected chi connectivity index (χ0v) is 23.9. The minimum atomic E-state index is -0.147. The van der Waals surface area contributed by atoms with Gasteiger partial charge in [-0.2, -0.15) is 0 Å². The number of aromatic nitrogens is 2. The lowest BCUT2D eigenvalue weighted by atomic mass is 10.3. The Morgan fingerprint density at radius 3 is 2.76 bits per heavy atom. The molecule has 0 unspecified atom stereocenters. The zero-order valence-electron chi connectivity index (χ0n) is 22.2. The van der Waals surface area contributed by atoms with Crippen molar-refractivity contribution in [3.63, 3.8) is 0 Å². The fraction of sp³-hybridized carbons (Fsp3) is 0.321. The number of thiol groups is 1. The summed E-state index contributed by atoms with van der Waals surface area (Å²) in [5.74, 6) is 3.68. The maximum absolute atomic E-state index is 12.3. The average molecular weight is 557 g/mol. The minimum Gasteiger partial charge on any atom is -0.488 e. The lowest BCUT2D eigenvalue weighted by molar-refractivity contribution is 0.229. The number of ether oxygens (including phenoxy) is 1. The molecule has 204 valence electrons. The van der Waals surface area contributed by atoms with Gasteiger partial charge in [-0.25, -0.2) is 13.8 Å². The SMILES string of the molecule is C#CC.C=C/C(=C1\CC=NS1)n1cnc(C)c1.CCC/C=C1\OCCN=C1NS.NC1=CC=C(F)CC=C1. The first-order chi connectivity index (χ1) is 18.4.